The summed E-state index contributed by atoms with van der Waals surface area (Å²) in [6, 6.07) is 10.4. The van der Waals surface area contributed by atoms with Crippen LogP contribution in [0, 0.1) is 0 Å². The Morgan fingerprint density at radius 2 is 1.75 bits per heavy atom. The van der Waals surface area contributed by atoms with Crippen molar-refractivity contribution in [2.45, 2.75) is 10.8 Å². The third-order valence-electron chi connectivity index (χ3n) is 4.40. The van der Waals surface area contributed by atoms with Crippen molar-refractivity contribution in [1.82, 2.24) is 19.3 Å². The Hall–Kier alpha value is -1.49. The number of hydrogen-bond acceptors (Lipinski definition) is 7. The molecule has 2 aromatic heterocycles. The fourth-order valence-corrected chi connectivity index (χ4v) is 6.10. The summed E-state index contributed by atoms with van der Waals surface area (Å²) in [6.45, 7) is 2.43. The molecule has 11 heteroatoms. The van der Waals surface area contributed by atoms with E-state index in [1.165, 1.54) is 4.31 Å². The van der Waals surface area contributed by atoms with Gasteiger partial charge in [0, 0.05) is 36.8 Å². The van der Waals surface area contributed by atoms with E-state index in [1.807, 2.05) is 12.1 Å². The van der Waals surface area contributed by atoms with E-state index in [-0.39, 0.29) is 4.21 Å². The Balaban J connectivity index is 1.37. The molecule has 0 spiro atoms. The van der Waals surface area contributed by atoms with E-state index >= 15 is 0 Å². The van der Waals surface area contributed by atoms with Gasteiger partial charge < -0.3 is 4.52 Å². The smallest absolute Gasteiger partial charge is 0.252 e. The molecule has 0 aliphatic carbocycles. The average Bonchev–Trinajstić information content (AvgIpc) is 3.32. The second-order valence-corrected chi connectivity index (χ2v) is 10.6. The van der Waals surface area contributed by atoms with Crippen LogP contribution in [0.15, 0.2) is 45.1 Å². The summed E-state index contributed by atoms with van der Waals surface area (Å²) >= 11 is 12.8. The second-order valence-electron chi connectivity index (χ2n) is 6.26. The zero-order valence-corrected chi connectivity index (χ0v) is 17.7. The molecule has 3 aromatic rings. The van der Waals surface area contributed by atoms with Crippen molar-refractivity contribution in [3.8, 4) is 11.4 Å². The van der Waals surface area contributed by atoms with E-state index in [0.29, 0.717) is 53.8 Å². The van der Waals surface area contributed by atoms with Crippen molar-refractivity contribution >= 4 is 44.6 Å². The molecule has 0 amide bonds. The predicted octanol–water partition coefficient (Wildman–Crippen LogP) is 3.61. The fraction of sp³-hybridized carbons (Fsp3) is 0.294. The van der Waals surface area contributed by atoms with Crippen LogP contribution in [0.25, 0.3) is 11.4 Å². The van der Waals surface area contributed by atoms with E-state index in [0.717, 1.165) is 16.9 Å². The maximum atomic E-state index is 12.7. The first-order valence-electron chi connectivity index (χ1n) is 8.48. The van der Waals surface area contributed by atoms with Crippen LogP contribution in [-0.2, 0) is 16.6 Å². The molecule has 28 heavy (non-hydrogen) atoms. The second kappa shape index (κ2) is 8.10. The fourth-order valence-electron chi connectivity index (χ4n) is 2.92. The first kappa shape index (κ1) is 19.8. The van der Waals surface area contributed by atoms with Gasteiger partial charge in [-0.1, -0.05) is 28.4 Å². The van der Waals surface area contributed by atoms with Gasteiger partial charge in [-0.15, -0.1) is 11.3 Å². The van der Waals surface area contributed by atoms with Crippen molar-refractivity contribution in [2.24, 2.45) is 0 Å². The maximum absolute atomic E-state index is 12.7. The minimum Gasteiger partial charge on any atom is -0.338 e. The predicted molar refractivity (Wildman–Crippen MR) is 108 cm³/mol. The Morgan fingerprint density at radius 3 is 2.39 bits per heavy atom. The van der Waals surface area contributed by atoms with Crippen LogP contribution >= 0.6 is 34.5 Å². The van der Waals surface area contributed by atoms with Crippen molar-refractivity contribution in [1.29, 1.82) is 0 Å². The van der Waals surface area contributed by atoms with Crippen LogP contribution < -0.4 is 0 Å². The number of piperazine rings is 1. The molecule has 0 saturated carbocycles. The standard InChI is InChI=1S/C17H16Cl2N4O3S2/c18-13-3-1-12(2-4-13)17-20-15(26-21-17)11-22-7-9-23(10-8-22)28(24,25)16-6-5-14(19)27-16/h1-6H,7-11H2. The number of benzene rings is 1. The van der Waals surface area contributed by atoms with Crippen LogP contribution in [0.5, 0.6) is 0 Å². The van der Waals surface area contributed by atoms with Crippen molar-refractivity contribution in [2.75, 3.05) is 26.2 Å². The molecule has 3 heterocycles. The lowest BCUT2D eigenvalue weighted by Gasteiger charge is -2.32. The van der Waals surface area contributed by atoms with Crippen LogP contribution in [0.3, 0.4) is 0 Å². The van der Waals surface area contributed by atoms with Crippen LogP contribution in [0.1, 0.15) is 5.89 Å². The first-order valence-corrected chi connectivity index (χ1v) is 11.5. The number of thiophene rings is 1. The number of sulfonamides is 1. The lowest BCUT2D eigenvalue weighted by atomic mass is 10.2. The molecular formula is C17H16Cl2N4O3S2. The summed E-state index contributed by atoms with van der Waals surface area (Å²) in [7, 11) is -3.49. The molecule has 1 aliphatic rings. The lowest BCUT2D eigenvalue weighted by Crippen LogP contribution is -2.48. The summed E-state index contributed by atoms with van der Waals surface area (Å²) in [5.41, 5.74) is 0.824. The zero-order chi connectivity index (χ0) is 19.7. The van der Waals surface area contributed by atoms with Gasteiger partial charge in [-0.2, -0.15) is 9.29 Å². The average molecular weight is 459 g/mol. The van der Waals surface area contributed by atoms with E-state index < -0.39 is 10.0 Å². The minimum atomic E-state index is -3.49. The van der Waals surface area contributed by atoms with Crippen molar-refractivity contribution < 1.29 is 12.9 Å². The van der Waals surface area contributed by atoms with Gasteiger partial charge in [-0.05, 0) is 36.4 Å². The Labute approximate surface area is 176 Å². The quantitative estimate of drug-likeness (QED) is 0.580. The number of halogens is 2. The van der Waals surface area contributed by atoms with Gasteiger partial charge in [0.1, 0.15) is 4.21 Å². The number of aromatic nitrogens is 2. The highest BCUT2D eigenvalue weighted by Crippen LogP contribution is 2.28. The van der Waals surface area contributed by atoms with Crippen LogP contribution in [-0.4, -0.2) is 53.9 Å². The Kier molecular flexibility index (Phi) is 5.73. The highest BCUT2D eigenvalue weighted by molar-refractivity contribution is 7.91. The molecule has 0 N–H and O–H groups in total. The first-order chi connectivity index (χ1) is 13.4. The van der Waals surface area contributed by atoms with Gasteiger partial charge in [0.2, 0.25) is 11.7 Å². The van der Waals surface area contributed by atoms with Crippen LogP contribution in [0.2, 0.25) is 9.36 Å². The molecule has 0 atom stereocenters. The van der Waals surface area contributed by atoms with E-state index in [9.17, 15) is 8.42 Å². The molecular weight excluding hydrogens is 443 g/mol. The van der Waals surface area contributed by atoms with Gasteiger partial charge in [0.05, 0.1) is 10.9 Å². The van der Waals surface area contributed by atoms with Crippen LogP contribution in [0.4, 0.5) is 0 Å². The highest BCUT2D eigenvalue weighted by Gasteiger charge is 2.30. The summed E-state index contributed by atoms with van der Waals surface area (Å²) in [5.74, 6) is 0.994. The summed E-state index contributed by atoms with van der Waals surface area (Å²) < 4.78 is 32.9. The van der Waals surface area contributed by atoms with E-state index in [1.54, 1.807) is 24.3 Å². The maximum Gasteiger partial charge on any atom is 0.252 e. The third-order valence-corrected chi connectivity index (χ3v) is 8.25. The SMILES string of the molecule is O=S(=O)(c1ccc(Cl)s1)N1CCN(Cc2nc(-c3ccc(Cl)cc3)no2)CC1. The third kappa shape index (κ3) is 4.24. The zero-order valence-electron chi connectivity index (χ0n) is 14.6. The van der Waals surface area contributed by atoms with Gasteiger partial charge in [0.15, 0.2) is 0 Å². The molecule has 148 valence electrons. The normalized spacial score (nSPS) is 16.5. The van der Waals surface area contributed by atoms with Gasteiger partial charge >= 0.3 is 0 Å². The molecule has 1 aliphatic heterocycles. The summed E-state index contributed by atoms with van der Waals surface area (Å²) in [6.07, 6.45) is 0. The summed E-state index contributed by atoms with van der Waals surface area (Å²) in [4.78, 5) is 6.50. The summed E-state index contributed by atoms with van der Waals surface area (Å²) in [5, 5.41) is 4.65. The lowest BCUT2D eigenvalue weighted by molar-refractivity contribution is 0.163. The largest absolute Gasteiger partial charge is 0.338 e. The van der Waals surface area contributed by atoms with E-state index in [4.69, 9.17) is 27.7 Å². The molecule has 0 bridgehead atoms. The molecule has 0 radical (unpaired) electrons. The minimum absolute atomic E-state index is 0.274. The van der Waals surface area contributed by atoms with E-state index in [2.05, 4.69) is 15.0 Å². The number of hydrogen-bond donors (Lipinski definition) is 0. The van der Waals surface area contributed by atoms with Crippen molar-refractivity contribution in [3.63, 3.8) is 0 Å². The topological polar surface area (TPSA) is 79.5 Å². The highest BCUT2D eigenvalue weighted by atomic mass is 35.5. The van der Waals surface area contributed by atoms with Crippen molar-refractivity contribution in [3.05, 3.63) is 51.6 Å². The molecule has 7 nitrogen and oxygen atoms in total. The number of nitrogens with zero attached hydrogens (tertiary/aromatic N) is 4. The van der Waals surface area contributed by atoms with Gasteiger partial charge in [-0.25, -0.2) is 8.42 Å². The monoisotopic (exact) mass is 458 g/mol. The molecule has 1 saturated heterocycles. The number of rotatable bonds is 5. The molecule has 0 unspecified atom stereocenters. The Bertz CT molecular complexity index is 1060. The molecule has 1 aromatic carbocycles. The molecule has 4 rings (SSSR count). The van der Waals surface area contributed by atoms with Gasteiger partial charge in [0.25, 0.3) is 10.0 Å². The van der Waals surface area contributed by atoms with Gasteiger partial charge in [-0.3, -0.25) is 4.90 Å². The Morgan fingerprint density at radius 1 is 1.04 bits per heavy atom. The molecule has 1 fully saturated rings.